The van der Waals surface area contributed by atoms with Crippen molar-refractivity contribution < 1.29 is 28.9 Å². The Morgan fingerprint density at radius 3 is 2.48 bits per heavy atom. The highest BCUT2D eigenvalue weighted by Crippen LogP contribution is 2.28. The summed E-state index contributed by atoms with van der Waals surface area (Å²) in [5.41, 5.74) is 1.02. The molecule has 1 aliphatic rings. The number of ether oxygens (including phenoxy) is 3. The van der Waals surface area contributed by atoms with E-state index in [9.17, 15) is 9.59 Å². The van der Waals surface area contributed by atoms with Crippen LogP contribution in [0.4, 0.5) is 0 Å². The Kier molecular flexibility index (Phi) is 7.06. The van der Waals surface area contributed by atoms with E-state index in [4.69, 9.17) is 19.3 Å². The van der Waals surface area contributed by atoms with Gasteiger partial charge in [-0.25, -0.2) is 4.79 Å². The normalized spacial score (nSPS) is 19.4. The van der Waals surface area contributed by atoms with Crippen molar-refractivity contribution in [1.82, 2.24) is 5.32 Å². The Morgan fingerprint density at radius 2 is 1.84 bits per heavy atom. The first-order chi connectivity index (χ1) is 12.0. The van der Waals surface area contributed by atoms with Crippen LogP contribution in [0.3, 0.4) is 0 Å². The zero-order chi connectivity index (χ0) is 18.2. The number of aliphatic carboxylic acids is 1. The maximum atomic E-state index is 12.0. The van der Waals surface area contributed by atoms with E-state index in [2.05, 4.69) is 5.32 Å². The highest BCUT2D eigenvalue weighted by molar-refractivity contribution is 5.82. The number of amides is 1. The summed E-state index contributed by atoms with van der Waals surface area (Å²) < 4.78 is 16.3. The minimum absolute atomic E-state index is 0.264. The van der Waals surface area contributed by atoms with Crippen LogP contribution in [0, 0.1) is 0 Å². The monoisotopic (exact) mass is 351 g/mol. The molecule has 0 aromatic heterocycles. The molecule has 138 valence electrons. The van der Waals surface area contributed by atoms with Gasteiger partial charge in [-0.05, 0) is 50.8 Å². The molecule has 0 saturated carbocycles. The Bertz CT molecular complexity index is 603. The minimum atomic E-state index is -1.02. The van der Waals surface area contributed by atoms with Gasteiger partial charge in [0.25, 0.3) is 0 Å². The van der Waals surface area contributed by atoms with Crippen molar-refractivity contribution in [2.75, 3.05) is 19.8 Å². The van der Waals surface area contributed by atoms with Crippen LogP contribution in [-0.2, 0) is 20.7 Å². The number of carbonyl (C=O) groups is 2. The Morgan fingerprint density at radius 1 is 1.16 bits per heavy atom. The van der Waals surface area contributed by atoms with E-state index < -0.39 is 18.2 Å². The Balaban J connectivity index is 1.84. The molecule has 2 rings (SSSR count). The van der Waals surface area contributed by atoms with E-state index in [-0.39, 0.29) is 5.91 Å². The SMILES string of the molecule is CCOc1ccc(CCNC(=O)[C@@H]2CC[C@H](C(=O)O)O2)cc1OCC. The van der Waals surface area contributed by atoms with Crippen molar-refractivity contribution >= 4 is 11.9 Å². The van der Waals surface area contributed by atoms with Gasteiger partial charge in [-0.2, -0.15) is 0 Å². The van der Waals surface area contributed by atoms with Crippen LogP contribution in [0.15, 0.2) is 18.2 Å². The number of carbonyl (C=O) groups excluding carboxylic acids is 1. The molecule has 1 saturated heterocycles. The standard InChI is InChI=1S/C18H25NO6/c1-3-23-13-6-5-12(11-16(13)24-4-2)9-10-19-17(20)14-7-8-15(25-14)18(21)22/h5-6,11,14-15H,3-4,7-10H2,1-2H3,(H,19,20)(H,21,22)/t14-,15+/m0/s1. The van der Waals surface area contributed by atoms with E-state index in [1.165, 1.54) is 0 Å². The van der Waals surface area contributed by atoms with Crippen LogP contribution >= 0.6 is 0 Å². The first kappa shape index (κ1) is 19.1. The number of carboxylic acid groups (broad SMARTS) is 1. The fourth-order valence-electron chi connectivity index (χ4n) is 2.71. The number of carboxylic acids is 1. The lowest BCUT2D eigenvalue weighted by Gasteiger charge is -2.14. The summed E-state index contributed by atoms with van der Waals surface area (Å²) in [6, 6.07) is 5.71. The Labute approximate surface area is 147 Å². The fourth-order valence-corrected chi connectivity index (χ4v) is 2.71. The molecule has 1 heterocycles. The average Bonchev–Trinajstić information content (AvgIpc) is 3.08. The minimum Gasteiger partial charge on any atom is -0.490 e. The third-order valence-corrected chi connectivity index (χ3v) is 3.91. The molecule has 2 atom stereocenters. The molecular weight excluding hydrogens is 326 g/mol. The van der Waals surface area contributed by atoms with Crippen LogP contribution in [0.2, 0.25) is 0 Å². The lowest BCUT2D eigenvalue weighted by atomic mass is 10.1. The highest BCUT2D eigenvalue weighted by atomic mass is 16.5. The first-order valence-electron chi connectivity index (χ1n) is 8.59. The van der Waals surface area contributed by atoms with Gasteiger partial charge in [-0.3, -0.25) is 4.79 Å². The molecule has 7 nitrogen and oxygen atoms in total. The van der Waals surface area contributed by atoms with Crippen molar-refractivity contribution in [3.8, 4) is 11.5 Å². The largest absolute Gasteiger partial charge is 0.490 e. The van der Waals surface area contributed by atoms with Crippen molar-refractivity contribution in [2.24, 2.45) is 0 Å². The van der Waals surface area contributed by atoms with Gasteiger partial charge < -0.3 is 24.6 Å². The van der Waals surface area contributed by atoms with Crippen LogP contribution in [0.5, 0.6) is 11.5 Å². The lowest BCUT2D eigenvalue weighted by molar-refractivity contribution is -0.151. The van der Waals surface area contributed by atoms with Gasteiger partial charge in [0.05, 0.1) is 13.2 Å². The maximum absolute atomic E-state index is 12.0. The predicted octanol–water partition coefficient (Wildman–Crippen LogP) is 1.77. The molecule has 1 aromatic carbocycles. The molecule has 0 aliphatic carbocycles. The van der Waals surface area contributed by atoms with Gasteiger partial charge in [0.15, 0.2) is 17.6 Å². The summed E-state index contributed by atoms with van der Waals surface area (Å²) in [7, 11) is 0. The molecule has 1 fully saturated rings. The molecule has 0 bridgehead atoms. The zero-order valence-electron chi connectivity index (χ0n) is 14.6. The average molecular weight is 351 g/mol. The summed E-state index contributed by atoms with van der Waals surface area (Å²) in [4.78, 5) is 22.9. The topological polar surface area (TPSA) is 94.1 Å². The second-order valence-corrected chi connectivity index (χ2v) is 5.72. The summed E-state index contributed by atoms with van der Waals surface area (Å²) >= 11 is 0. The van der Waals surface area contributed by atoms with Gasteiger partial charge in [-0.1, -0.05) is 6.07 Å². The van der Waals surface area contributed by atoms with Crippen LogP contribution in [0.1, 0.15) is 32.3 Å². The summed E-state index contributed by atoms with van der Waals surface area (Å²) in [6.07, 6.45) is -0.131. The summed E-state index contributed by atoms with van der Waals surface area (Å²) in [6.45, 7) is 5.38. The fraction of sp³-hybridized carbons (Fsp3) is 0.556. The molecule has 0 unspecified atom stereocenters. The van der Waals surface area contributed by atoms with Gasteiger partial charge in [0, 0.05) is 6.54 Å². The first-order valence-corrected chi connectivity index (χ1v) is 8.59. The molecule has 25 heavy (non-hydrogen) atoms. The molecule has 0 radical (unpaired) electrons. The summed E-state index contributed by atoms with van der Waals surface area (Å²) in [5.74, 6) is 0.112. The van der Waals surface area contributed by atoms with Gasteiger partial charge >= 0.3 is 5.97 Å². The quantitative estimate of drug-likeness (QED) is 0.704. The number of hydrogen-bond donors (Lipinski definition) is 2. The third-order valence-electron chi connectivity index (χ3n) is 3.91. The van der Waals surface area contributed by atoms with Crippen LogP contribution < -0.4 is 14.8 Å². The molecule has 2 N–H and O–H groups in total. The molecule has 7 heteroatoms. The van der Waals surface area contributed by atoms with Crippen molar-refractivity contribution in [3.63, 3.8) is 0 Å². The second-order valence-electron chi connectivity index (χ2n) is 5.72. The van der Waals surface area contributed by atoms with E-state index in [1.54, 1.807) is 0 Å². The van der Waals surface area contributed by atoms with Crippen LogP contribution in [-0.4, -0.2) is 48.9 Å². The maximum Gasteiger partial charge on any atom is 0.332 e. The number of hydrogen-bond acceptors (Lipinski definition) is 5. The predicted molar refractivity (Wildman–Crippen MR) is 91.0 cm³/mol. The smallest absolute Gasteiger partial charge is 0.332 e. The molecule has 1 amide bonds. The summed E-state index contributed by atoms with van der Waals surface area (Å²) in [5, 5.41) is 11.7. The van der Waals surface area contributed by atoms with Crippen molar-refractivity contribution in [3.05, 3.63) is 23.8 Å². The number of rotatable bonds is 9. The molecule has 0 spiro atoms. The molecule has 1 aromatic rings. The Hall–Kier alpha value is -2.28. The van der Waals surface area contributed by atoms with Gasteiger partial charge in [-0.15, -0.1) is 0 Å². The van der Waals surface area contributed by atoms with Crippen LogP contribution in [0.25, 0.3) is 0 Å². The third kappa shape index (κ3) is 5.35. The number of nitrogens with one attached hydrogen (secondary N) is 1. The second kappa shape index (κ2) is 9.27. The molecular formula is C18H25NO6. The zero-order valence-corrected chi connectivity index (χ0v) is 14.6. The molecule has 1 aliphatic heterocycles. The van der Waals surface area contributed by atoms with Gasteiger partial charge in [0.1, 0.15) is 6.10 Å². The van der Waals surface area contributed by atoms with E-state index in [1.807, 2.05) is 32.0 Å². The van der Waals surface area contributed by atoms with E-state index >= 15 is 0 Å². The van der Waals surface area contributed by atoms with E-state index in [0.717, 1.165) is 5.56 Å². The van der Waals surface area contributed by atoms with E-state index in [0.29, 0.717) is 50.5 Å². The highest BCUT2D eigenvalue weighted by Gasteiger charge is 2.34. The lowest BCUT2D eigenvalue weighted by Crippen LogP contribution is -2.36. The van der Waals surface area contributed by atoms with Gasteiger partial charge in [0.2, 0.25) is 5.91 Å². The van der Waals surface area contributed by atoms with Crippen molar-refractivity contribution in [1.29, 1.82) is 0 Å². The van der Waals surface area contributed by atoms with Crippen molar-refractivity contribution in [2.45, 2.75) is 45.3 Å². The number of benzene rings is 1.